The lowest BCUT2D eigenvalue weighted by Gasteiger charge is -2.49. The number of hydrogen-bond donors (Lipinski definition) is 1. The molecule has 0 unspecified atom stereocenters. The van der Waals surface area contributed by atoms with Crippen LogP contribution in [0.2, 0.25) is 0 Å². The van der Waals surface area contributed by atoms with Crippen LogP contribution in [-0.4, -0.2) is 36.9 Å². The Bertz CT molecular complexity index is 862. The maximum absolute atomic E-state index is 14.1. The fourth-order valence-corrected chi connectivity index (χ4v) is 4.22. The quantitative estimate of drug-likeness (QED) is 0.885. The van der Waals surface area contributed by atoms with Crippen LogP contribution in [0.25, 0.3) is 0 Å². The molecule has 27 heavy (non-hydrogen) atoms. The van der Waals surface area contributed by atoms with Crippen LogP contribution in [0.5, 0.6) is 0 Å². The van der Waals surface area contributed by atoms with Gasteiger partial charge in [0.05, 0.1) is 5.41 Å². The molecule has 1 aliphatic heterocycles. The molecule has 1 aliphatic carbocycles. The number of carbonyl (C=O) groups excluding carboxylic acids is 2. The number of likely N-dealkylation sites (tertiary alicyclic amines) is 1. The van der Waals surface area contributed by atoms with Gasteiger partial charge in [-0.15, -0.1) is 0 Å². The maximum atomic E-state index is 14.1. The molecule has 4 nitrogen and oxygen atoms in total. The second-order valence-electron chi connectivity index (χ2n) is 7.68. The highest BCUT2D eigenvalue weighted by Gasteiger charge is 2.55. The second kappa shape index (κ2) is 6.80. The average molecular weight is 366 g/mol. The molecule has 1 heterocycles. The van der Waals surface area contributed by atoms with Crippen LogP contribution in [0.3, 0.4) is 0 Å². The summed E-state index contributed by atoms with van der Waals surface area (Å²) in [5, 5.41) is 2.69. The first-order valence-electron chi connectivity index (χ1n) is 9.33. The minimum atomic E-state index is -0.746. The third-order valence-corrected chi connectivity index (χ3v) is 5.83. The molecule has 0 aromatic heterocycles. The van der Waals surface area contributed by atoms with E-state index in [1.54, 1.807) is 30.1 Å². The Kier molecular flexibility index (Phi) is 4.46. The van der Waals surface area contributed by atoms with Gasteiger partial charge >= 0.3 is 0 Å². The van der Waals surface area contributed by atoms with Crippen LogP contribution in [0, 0.1) is 17.2 Å². The molecule has 1 saturated heterocycles. The standard InChI is InChI=1S/C22H23FN2O2/c1-24-21(27)22(12-16-9-5-6-10-19(16)23)13-25(14-22)20(26)18-11-17(18)15-7-3-2-4-8-15/h2-10,17-18H,11-14H2,1H3,(H,24,27)/t17-,18+/m0/s1. The van der Waals surface area contributed by atoms with E-state index in [2.05, 4.69) is 17.4 Å². The number of halogens is 1. The number of rotatable bonds is 5. The third-order valence-electron chi connectivity index (χ3n) is 5.83. The molecular formula is C22H23FN2O2. The first kappa shape index (κ1) is 17.7. The van der Waals surface area contributed by atoms with E-state index in [0.717, 1.165) is 6.42 Å². The number of nitrogens with one attached hydrogen (secondary N) is 1. The topological polar surface area (TPSA) is 49.4 Å². The molecule has 2 aliphatic rings. The molecular weight excluding hydrogens is 343 g/mol. The molecule has 2 aromatic carbocycles. The fraction of sp³-hybridized carbons (Fsp3) is 0.364. The number of nitrogens with zero attached hydrogens (tertiary/aromatic N) is 1. The van der Waals surface area contributed by atoms with Crippen LogP contribution in [0.15, 0.2) is 54.6 Å². The Morgan fingerprint density at radius 1 is 1.11 bits per heavy atom. The van der Waals surface area contributed by atoms with Gasteiger partial charge in [-0.25, -0.2) is 4.39 Å². The van der Waals surface area contributed by atoms with Crippen molar-refractivity contribution < 1.29 is 14.0 Å². The average Bonchev–Trinajstić information content (AvgIpc) is 3.46. The molecule has 4 rings (SSSR count). The molecule has 2 aromatic rings. The van der Waals surface area contributed by atoms with Gasteiger partial charge in [-0.2, -0.15) is 0 Å². The van der Waals surface area contributed by atoms with E-state index in [0.29, 0.717) is 25.1 Å². The highest BCUT2D eigenvalue weighted by Crippen LogP contribution is 2.50. The van der Waals surface area contributed by atoms with Gasteiger partial charge < -0.3 is 10.2 Å². The van der Waals surface area contributed by atoms with Crippen LogP contribution in [0.4, 0.5) is 4.39 Å². The van der Waals surface area contributed by atoms with Gasteiger partial charge in [0.1, 0.15) is 5.82 Å². The van der Waals surface area contributed by atoms with Crippen molar-refractivity contribution in [2.24, 2.45) is 11.3 Å². The monoisotopic (exact) mass is 366 g/mol. The number of hydrogen-bond acceptors (Lipinski definition) is 2. The summed E-state index contributed by atoms with van der Waals surface area (Å²) < 4.78 is 14.1. The fourth-order valence-electron chi connectivity index (χ4n) is 4.22. The van der Waals surface area contributed by atoms with E-state index >= 15 is 0 Å². The van der Waals surface area contributed by atoms with Crippen molar-refractivity contribution in [3.05, 3.63) is 71.5 Å². The van der Waals surface area contributed by atoms with Crippen LogP contribution >= 0.6 is 0 Å². The molecule has 2 atom stereocenters. The summed E-state index contributed by atoms with van der Waals surface area (Å²) in [5.74, 6) is -0.0529. The Morgan fingerprint density at radius 2 is 1.78 bits per heavy atom. The molecule has 2 amide bonds. The smallest absolute Gasteiger partial charge is 0.229 e. The molecule has 5 heteroatoms. The lowest BCUT2D eigenvalue weighted by molar-refractivity contribution is -0.154. The number of carbonyl (C=O) groups is 2. The minimum Gasteiger partial charge on any atom is -0.359 e. The van der Waals surface area contributed by atoms with E-state index in [9.17, 15) is 14.0 Å². The van der Waals surface area contributed by atoms with E-state index in [1.165, 1.54) is 11.6 Å². The summed E-state index contributed by atoms with van der Waals surface area (Å²) in [5.41, 5.74) is 0.964. The zero-order valence-electron chi connectivity index (χ0n) is 15.3. The van der Waals surface area contributed by atoms with Crippen molar-refractivity contribution in [3.63, 3.8) is 0 Å². The normalized spacial score (nSPS) is 22.7. The maximum Gasteiger partial charge on any atom is 0.229 e. The first-order valence-corrected chi connectivity index (χ1v) is 9.33. The summed E-state index contributed by atoms with van der Waals surface area (Å²) >= 11 is 0. The Labute approximate surface area is 158 Å². The van der Waals surface area contributed by atoms with E-state index in [4.69, 9.17) is 0 Å². The van der Waals surface area contributed by atoms with Gasteiger partial charge in [-0.05, 0) is 36.0 Å². The number of amides is 2. The van der Waals surface area contributed by atoms with Gasteiger partial charge in [-0.3, -0.25) is 9.59 Å². The summed E-state index contributed by atoms with van der Waals surface area (Å²) in [6.07, 6.45) is 1.16. The molecule has 2 fully saturated rings. The summed E-state index contributed by atoms with van der Waals surface area (Å²) in [6.45, 7) is 0.690. The zero-order valence-corrected chi connectivity index (χ0v) is 15.3. The van der Waals surface area contributed by atoms with Crippen molar-refractivity contribution in [1.29, 1.82) is 0 Å². The largest absolute Gasteiger partial charge is 0.359 e. The highest BCUT2D eigenvalue weighted by atomic mass is 19.1. The summed E-state index contributed by atoms with van der Waals surface area (Å²) in [7, 11) is 1.59. The van der Waals surface area contributed by atoms with Crippen LogP contribution in [0.1, 0.15) is 23.5 Å². The van der Waals surface area contributed by atoms with Crippen LogP contribution in [-0.2, 0) is 16.0 Å². The SMILES string of the molecule is CNC(=O)C1(Cc2ccccc2F)CN(C(=O)[C@@H]2C[C@H]2c2ccccc2)C1. The molecule has 140 valence electrons. The van der Waals surface area contributed by atoms with Crippen molar-refractivity contribution in [3.8, 4) is 0 Å². The van der Waals surface area contributed by atoms with E-state index in [-0.39, 0.29) is 29.5 Å². The number of benzene rings is 2. The van der Waals surface area contributed by atoms with Gasteiger partial charge in [0.25, 0.3) is 0 Å². The minimum absolute atomic E-state index is 0.00329. The van der Waals surface area contributed by atoms with Gasteiger partial charge in [0, 0.05) is 26.1 Å². The summed E-state index contributed by atoms with van der Waals surface area (Å²) in [6, 6.07) is 16.6. The molecule has 0 spiro atoms. The van der Waals surface area contributed by atoms with Crippen molar-refractivity contribution in [1.82, 2.24) is 10.2 Å². The summed E-state index contributed by atoms with van der Waals surface area (Å²) in [4.78, 5) is 27.1. The van der Waals surface area contributed by atoms with E-state index < -0.39 is 5.41 Å². The third kappa shape index (κ3) is 3.22. The molecule has 1 saturated carbocycles. The Hall–Kier alpha value is -2.69. The van der Waals surface area contributed by atoms with Gasteiger partial charge in [0.15, 0.2) is 0 Å². The van der Waals surface area contributed by atoms with E-state index in [1.807, 2.05) is 18.2 Å². The zero-order chi connectivity index (χ0) is 19.0. The lowest BCUT2D eigenvalue weighted by atomic mass is 9.73. The van der Waals surface area contributed by atoms with Gasteiger partial charge in [-0.1, -0.05) is 48.5 Å². The van der Waals surface area contributed by atoms with Crippen molar-refractivity contribution in [2.45, 2.75) is 18.8 Å². The predicted octanol–water partition coefficient (Wildman–Crippen LogP) is 2.75. The van der Waals surface area contributed by atoms with Crippen molar-refractivity contribution in [2.75, 3.05) is 20.1 Å². The molecule has 1 N–H and O–H groups in total. The Balaban J connectivity index is 1.44. The van der Waals surface area contributed by atoms with Crippen LogP contribution < -0.4 is 5.32 Å². The van der Waals surface area contributed by atoms with Gasteiger partial charge in [0.2, 0.25) is 11.8 Å². The highest BCUT2D eigenvalue weighted by molar-refractivity contribution is 5.90. The molecule has 0 radical (unpaired) electrons. The Morgan fingerprint density at radius 3 is 2.44 bits per heavy atom. The second-order valence-corrected chi connectivity index (χ2v) is 7.68. The lowest BCUT2D eigenvalue weighted by Crippen LogP contribution is -2.65. The first-order chi connectivity index (χ1) is 13.0. The molecule has 0 bridgehead atoms. The predicted molar refractivity (Wildman–Crippen MR) is 100 cm³/mol. The van der Waals surface area contributed by atoms with Crippen molar-refractivity contribution >= 4 is 11.8 Å².